The van der Waals surface area contributed by atoms with E-state index in [-0.39, 0.29) is 5.56 Å². The van der Waals surface area contributed by atoms with E-state index in [0.717, 1.165) is 61.7 Å². The molecule has 1 fully saturated rings. The number of ether oxygens (including phenoxy) is 1. The molecule has 27 heavy (non-hydrogen) atoms. The average molecular weight is 385 g/mol. The summed E-state index contributed by atoms with van der Waals surface area (Å²) in [5.41, 5.74) is 0.136. The van der Waals surface area contributed by atoms with Gasteiger partial charge in [0.05, 0.1) is 29.6 Å². The molecule has 1 aromatic carbocycles. The lowest BCUT2D eigenvalue weighted by molar-refractivity contribution is 0.250. The van der Waals surface area contributed by atoms with Crippen LogP contribution >= 0.6 is 11.5 Å². The zero-order chi connectivity index (χ0) is 18.6. The van der Waals surface area contributed by atoms with Crippen LogP contribution in [0.2, 0.25) is 0 Å². The number of hydrogen-bond acceptors (Lipinski definition) is 7. The summed E-state index contributed by atoms with van der Waals surface area (Å²) in [7, 11) is 1.62. The summed E-state index contributed by atoms with van der Waals surface area (Å²) in [6.07, 6.45) is 4.39. The second kappa shape index (κ2) is 8.06. The van der Waals surface area contributed by atoms with Crippen LogP contribution in [0.3, 0.4) is 0 Å². The van der Waals surface area contributed by atoms with Crippen LogP contribution in [0.1, 0.15) is 6.42 Å². The number of benzene rings is 1. The van der Waals surface area contributed by atoms with E-state index in [1.165, 1.54) is 0 Å². The van der Waals surface area contributed by atoms with Crippen molar-refractivity contribution in [3.8, 4) is 5.75 Å². The molecule has 4 rings (SSSR count). The van der Waals surface area contributed by atoms with E-state index in [9.17, 15) is 4.79 Å². The minimum atomic E-state index is 0.136. The molecule has 0 bridgehead atoms. The summed E-state index contributed by atoms with van der Waals surface area (Å²) >= 11 is 1.56. The van der Waals surface area contributed by atoms with Crippen LogP contribution in [0.15, 0.2) is 41.5 Å². The molecular weight excluding hydrogens is 362 g/mol. The summed E-state index contributed by atoms with van der Waals surface area (Å²) in [6.45, 7) is 5.57. The third-order valence-corrected chi connectivity index (χ3v) is 6.01. The van der Waals surface area contributed by atoms with Gasteiger partial charge in [-0.3, -0.25) is 13.7 Å². The predicted molar refractivity (Wildman–Crippen MR) is 108 cm³/mol. The normalized spacial score (nSPS) is 15.4. The maximum absolute atomic E-state index is 12.4. The smallest absolute Gasteiger partial charge is 0.268 e. The van der Waals surface area contributed by atoms with Crippen molar-refractivity contribution in [3.63, 3.8) is 0 Å². The van der Waals surface area contributed by atoms with E-state index < -0.39 is 0 Å². The summed E-state index contributed by atoms with van der Waals surface area (Å²) in [5.74, 6) is 1.43. The van der Waals surface area contributed by atoms with Gasteiger partial charge in [-0.25, -0.2) is 9.97 Å². The van der Waals surface area contributed by atoms with Crippen molar-refractivity contribution in [1.82, 2.24) is 18.8 Å². The molecule has 0 radical (unpaired) electrons. The number of aryl methyl sites for hydroxylation is 1. The molecule has 0 saturated carbocycles. The molecular formula is C19H23N5O2S. The minimum absolute atomic E-state index is 0.136. The Hall–Kier alpha value is -2.45. The van der Waals surface area contributed by atoms with Crippen molar-refractivity contribution >= 4 is 27.6 Å². The first-order valence-electron chi connectivity index (χ1n) is 9.17. The summed E-state index contributed by atoms with van der Waals surface area (Å²) in [6, 6.07) is 7.82. The fourth-order valence-corrected chi connectivity index (χ4v) is 4.38. The highest BCUT2D eigenvalue weighted by atomic mass is 32.1. The monoisotopic (exact) mass is 385 g/mol. The van der Waals surface area contributed by atoms with Crippen molar-refractivity contribution in [2.75, 3.05) is 44.7 Å². The second-order valence-electron chi connectivity index (χ2n) is 6.60. The highest BCUT2D eigenvalue weighted by Crippen LogP contribution is 2.17. The van der Waals surface area contributed by atoms with Crippen molar-refractivity contribution in [2.45, 2.75) is 13.0 Å². The minimum Gasteiger partial charge on any atom is -0.494 e. The van der Waals surface area contributed by atoms with Gasteiger partial charge in [-0.2, -0.15) is 0 Å². The molecule has 0 atom stereocenters. The van der Waals surface area contributed by atoms with Gasteiger partial charge in [-0.05, 0) is 18.6 Å². The standard InChI is InChI=1S/C19H23N5O2S/c1-26-15-13-20-19(21-14-15)23-11-9-22(10-12-23)7-4-8-24-18(25)16-5-2-3-6-17(16)27-24/h2-3,5-6,13-14H,4,7-12H2,1H3. The molecule has 1 aliphatic heterocycles. The second-order valence-corrected chi connectivity index (χ2v) is 7.66. The molecule has 0 spiro atoms. The maximum atomic E-state index is 12.4. The van der Waals surface area contributed by atoms with E-state index in [0.29, 0.717) is 5.75 Å². The molecule has 0 unspecified atom stereocenters. The average Bonchev–Trinajstić information content (AvgIpc) is 3.05. The van der Waals surface area contributed by atoms with Gasteiger partial charge >= 0.3 is 0 Å². The number of aromatic nitrogens is 3. The molecule has 3 aromatic rings. The molecule has 2 aromatic heterocycles. The topological polar surface area (TPSA) is 63.5 Å². The molecule has 7 nitrogen and oxygen atoms in total. The Kier molecular flexibility index (Phi) is 5.35. The summed E-state index contributed by atoms with van der Waals surface area (Å²) in [4.78, 5) is 25.8. The number of fused-ring (bicyclic) bond motifs is 1. The Morgan fingerprint density at radius 1 is 1.07 bits per heavy atom. The lowest BCUT2D eigenvalue weighted by atomic mass is 10.3. The van der Waals surface area contributed by atoms with Gasteiger partial charge in [-0.1, -0.05) is 23.7 Å². The van der Waals surface area contributed by atoms with Crippen molar-refractivity contribution in [2.24, 2.45) is 0 Å². The molecule has 0 aliphatic carbocycles. The zero-order valence-electron chi connectivity index (χ0n) is 15.4. The number of rotatable bonds is 6. The number of nitrogens with zero attached hydrogens (tertiary/aromatic N) is 5. The van der Waals surface area contributed by atoms with Crippen LogP contribution in [0.25, 0.3) is 10.1 Å². The molecule has 0 N–H and O–H groups in total. The van der Waals surface area contributed by atoms with E-state index in [1.807, 2.05) is 28.2 Å². The molecule has 1 saturated heterocycles. The molecule has 142 valence electrons. The third kappa shape index (κ3) is 3.96. The summed E-state index contributed by atoms with van der Waals surface area (Å²) in [5, 5.41) is 0.829. The Morgan fingerprint density at radius 2 is 1.81 bits per heavy atom. The van der Waals surface area contributed by atoms with Crippen LogP contribution in [0.5, 0.6) is 5.75 Å². The highest BCUT2D eigenvalue weighted by molar-refractivity contribution is 7.13. The molecule has 3 heterocycles. The van der Waals surface area contributed by atoms with E-state index in [1.54, 1.807) is 31.0 Å². The first-order chi connectivity index (χ1) is 13.2. The molecule has 1 aliphatic rings. The van der Waals surface area contributed by atoms with Crippen molar-refractivity contribution < 1.29 is 4.74 Å². The third-order valence-electron chi connectivity index (χ3n) is 4.89. The van der Waals surface area contributed by atoms with Crippen molar-refractivity contribution in [1.29, 1.82) is 0 Å². The Labute approximate surface area is 162 Å². The lowest BCUT2D eigenvalue weighted by Gasteiger charge is -2.34. The van der Waals surface area contributed by atoms with Gasteiger partial charge in [0.15, 0.2) is 5.75 Å². The van der Waals surface area contributed by atoms with E-state index in [4.69, 9.17) is 4.74 Å². The Morgan fingerprint density at radius 3 is 2.52 bits per heavy atom. The van der Waals surface area contributed by atoms with E-state index >= 15 is 0 Å². The van der Waals surface area contributed by atoms with Crippen molar-refractivity contribution in [3.05, 3.63) is 47.0 Å². The number of anilines is 1. The maximum Gasteiger partial charge on any atom is 0.268 e. The first kappa shape index (κ1) is 17.9. The zero-order valence-corrected chi connectivity index (χ0v) is 16.2. The predicted octanol–water partition coefficient (Wildman–Crippen LogP) is 2.07. The van der Waals surface area contributed by atoms with Crippen LogP contribution < -0.4 is 15.2 Å². The van der Waals surface area contributed by atoms with Crippen LogP contribution in [0.4, 0.5) is 5.95 Å². The fourth-order valence-electron chi connectivity index (χ4n) is 3.35. The fraction of sp³-hybridized carbons (Fsp3) is 0.421. The Bertz CT molecular complexity index is 945. The van der Waals surface area contributed by atoms with E-state index in [2.05, 4.69) is 19.8 Å². The first-order valence-corrected chi connectivity index (χ1v) is 9.94. The quantitative estimate of drug-likeness (QED) is 0.647. The van der Waals surface area contributed by atoms with Gasteiger partial charge in [0.1, 0.15) is 0 Å². The van der Waals surface area contributed by atoms with Crippen LogP contribution in [-0.2, 0) is 6.54 Å². The SMILES string of the molecule is COc1cnc(N2CCN(CCCn3sc4ccccc4c3=O)CC2)nc1. The van der Waals surface area contributed by atoms with Gasteiger partial charge in [0.25, 0.3) is 5.56 Å². The molecule has 0 amide bonds. The van der Waals surface area contributed by atoms with Crippen LogP contribution in [-0.4, -0.2) is 58.7 Å². The van der Waals surface area contributed by atoms with Gasteiger partial charge in [0, 0.05) is 39.3 Å². The molecule has 8 heteroatoms. The summed E-state index contributed by atoms with van der Waals surface area (Å²) < 4.78 is 8.05. The highest BCUT2D eigenvalue weighted by Gasteiger charge is 2.18. The number of piperazine rings is 1. The Balaban J connectivity index is 1.26. The van der Waals surface area contributed by atoms with Gasteiger partial charge < -0.3 is 9.64 Å². The van der Waals surface area contributed by atoms with Crippen LogP contribution in [0, 0.1) is 0 Å². The number of hydrogen-bond donors (Lipinski definition) is 0. The van der Waals surface area contributed by atoms with Gasteiger partial charge in [-0.15, -0.1) is 0 Å². The largest absolute Gasteiger partial charge is 0.494 e. The number of methoxy groups -OCH3 is 1. The van der Waals surface area contributed by atoms with Gasteiger partial charge in [0.2, 0.25) is 5.95 Å². The lowest BCUT2D eigenvalue weighted by Crippen LogP contribution is -2.47.